The normalized spacial score (nSPS) is 40.5. The van der Waals surface area contributed by atoms with Crippen LogP contribution >= 0.6 is 0 Å². The van der Waals surface area contributed by atoms with Gasteiger partial charge in [0.05, 0.1) is 17.1 Å². The Morgan fingerprint density at radius 1 is 1.15 bits per heavy atom. The van der Waals surface area contributed by atoms with Gasteiger partial charge < -0.3 is 5.11 Å². The first-order chi connectivity index (χ1) is 9.31. The zero-order chi connectivity index (χ0) is 14.6. The second kappa shape index (κ2) is 4.45. The summed E-state index contributed by atoms with van der Waals surface area (Å²) in [4.78, 5) is 2.46. The van der Waals surface area contributed by atoms with Crippen molar-refractivity contribution in [1.82, 2.24) is 4.90 Å². The second-order valence-electron chi connectivity index (χ2n) is 8.35. The Balaban J connectivity index is 1.81. The van der Waals surface area contributed by atoms with Gasteiger partial charge in [0.2, 0.25) is 0 Å². The molecule has 3 nitrogen and oxygen atoms in total. The van der Waals surface area contributed by atoms with Crippen LogP contribution in [0, 0.1) is 22.2 Å². The fraction of sp³-hybridized carbons (Fsp3) is 0.941. The lowest BCUT2D eigenvalue weighted by molar-refractivity contribution is -0.0770. The SMILES string of the molecule is CC1CC(O)(C2(C#N)CCC(C)(C)CC2)CN1C1CC1. The summed E-state index contributed by atoms with van der Waals surface area (Å²) in [6, 6.07) is 3.66. The Morgan fingerprint density at radius 3 is 2.25 bits per heavy atom. The third-order valence-electron chi connectivity index (χ3n) is 6.22. The third-order valence-corrected chi connectivity index (χ3v) is 6.22. The standard InChI is InChI=1S/C17H28N2O/c1-13-10-17(20,12-19(13)14-4-5-14)16(11-18)8-6-15(2,3)7-9-16/h13-14,20H,4-10,12H2,1-3H3. The maximum atomic E-state index is 11.3. The van der Waals surface area contributed by atoms with E-state index in [9.17, 15) is 10.4 Å². The van der Waals surface area contributed by atoms with E-state index < -0.39 is 11.0 Å². The van der Waals surface area contributed by atoms with Crippen molar-refractivity contribution in [3.05, 3.63) is 0 Å². The third kappa shape index (κ3) is 2.18. The zero-order valence-corrected chi connectivity index (χ0v) is 13.2. The number of nitriles is 1. The van der Waals surface area contributed by atoms with E-state index in [1.54, 1.807) is 0 Å². The molecule has 3 aliphatic rings. The fourth-order valence-corrected chi connectivity index (χ4v) is 4.41. The maximum absolute atomic E-state index is 11.3. The number of likely N-dealkylation sites (tertiary alicyclic amines) is 1. The first-order valence-corrected chi connectivity index (χ1v) is 8.20. The molecule has 1 saturated heterocycles. The summed E-state index contributed by atoms with van der Waals surface area (Å²) in [5.41, 5.74) is -0.974. The molecule has 2 unspecified atom stereocenters. The molecule has 1 N–H and O–H groups in total. The van der Waals surface area contributed by atoms with E-state index in [0.29, 0.717) is 24.0 Å². The predicted molar refractivity (Wildman–Crippen MR) is 79.1 cm³/mol. The first-order valence-electron chi connectivity index (χ1n) is 8.20. The van der Waals surface area contributed by atoms with Crippen LogP contribution < -0.4 is 0 Å². The highest BCUT2D eigenvalue weighted by atomic mass is 16.3. The van der Waals surface area contributed by atoms with Crippen molar-refractivity contribution in [2.75, 3.05) is 6.54 Å². The molecule has 3 heteroatoms. The van der Waals surface area contributed by atoms with E-state index in [1.807, 2.05) is 0 Å². The Bertz CT molecular complexity index is 425. The van der Waals surface area contributed by atoms with Crippen LogP contribution in [0.25, 0.3) is 0 Å². The van der Waals surface area contributed by atoms with Gasteiger partial charge in [-0.1, -0.05) is 13.8 Å². The van der Waals surface area contributed by atoms with Crippen LogP contribution in [0.4, 0.5) is 0 Å². The summed E-state index contributed by atoms with van der Waals surface area (Å²) in [5, 5.41) is 21.1. The molecular formula is C17H28N2O. The van der Waals surface area contributed by atoms with Gasteiger partial charge in [-0.3, -0.25) is 4.90 Å². The van der Waals surface area contributed by atoms with Crippen molar-refractivity contribution >= 4 is 0 Å². The number of hydrogen-bond donors (Lipinski definition) is 1. The van der Waals surface area contributed by atoms with Crippen LogP contribution in [0.5, 0.6) is 0 Å². The van der Waals surface area contributed by atoms with Gasteiger partial charge in [-0.25, -0.2) is 0 Å². The molecule has 3 rings (SSSR count). The monoisotopic (exact) mass is 276 g/mol. The Morgan fingerprint density at radius 2 is 1.75 bits per heavy atom. The molecule has 0 bridgehead atoms. The van der Waals surface area contributed by atoms with E-state index in [0.717, 1.165) is 32.1 Å². The molecule has 112 valence electrons. The van der Waals surface area contributed by atoms with Gasteiger partial charge in [0, 0.05) is 18.6 Å². The number of rotatable bonds is 2. The lowest BCUT2D eigenvalue weighted by atomic mass is 9.58. The van der Waals surface area contributed by atoms with Crippen molar-refractivity contribution in [3.63, 3.8) is 0 Å². The van der Waals surface area contributed by atoms with Crippen molar-refractivity contribution < 1.29 is 5.11 Å². The van der Waals surface area contributed by atoms with E-state index in [4.69, 9.17) is 0 Å². The highest BCUT2D eigenvalue weighted by Crippen LogP contribution is 2.54. The van der Waals surface area contributed by atoms with Crippen LogP contribution in [-0.2, 0) is 0 Å². The molecule has 2 aliphatic carbocycles. The summed E-state index contributed by atoms with van der Waals surface area (Å²) < 4.78 is 0. The molecule has 1 heterocycles. The van der Waals surface area contributed by atoms with Gasteiger partial charge in [-0.05, 0) is 57.3 Å². The van der Waals surface area contributed by atoms with Crippen molar-refractivity contribution in [1.29, 1.82) is 5.26 Å². The van der Waals surface area contributed by atoms with Crippen molar-refractivity contribution in [3.8, 4) is 6.07 Å². The molecule has 0 aromatic rings. The van der Waals surface area contributed by atoms with E-state index in [1.165, 1.54) is 12.8 Å². The molecular weight excluding hydrogens is 248 g/mol. The lowest BCUT2D eigenvalue weighted by Gasteiger charge is -2.47. The van der Waals surface area contributed by atoms with Gasteiger partial charge in [-0.15, -0.1) is 0 Å². The summed E-state index contributed by atoms with van der Waals surface area (Å²) in [6.45, 7) is 7.50. The first kappa shape index (κ1) is 14.4. The minimum absolute atomic E-state index is 0.330. The topological polar surface area (TPSA) is 47.3 Å². The Kier molecular flexibility index (Phi) is 3.19. The predicted octanol–water partition coefficient (Wildman–Crippen LogP) is 3.08. The minimum Gasteiger partial charge on any atom is -0.387 e. The van der Waals surface area contributed by atoms with Gasteiger partial charge in [-0.2, -0.15) is 5.26 Å². The van der Waals surface area contributed by atoms with Crippen LogP contribution in [0.1, 0.15) is 65.7 Å². The number of aliphatic hydroxyl groups is 1. The number of β-amino-alcohol motifs (C(OH)–C–C–N with tert-alkyl or cyclic N) is 1. The fourth-order valence-electron chi connectivity index (χ4n) is 4.41. The molecule has 20 heavy (non-hydrogen) atoms. The highest BCUT2D eigenvalue weighted by molar-refractivity contribution is 5.18. The smallest absolute Gasteiger partial charge is 0.0974 e. The van der Waals surface area contributed by atoms with E-state index in [2.05, 4.69) is 31.7 Å². The summed E-state index contributed by atoms with van der Waals surface area (Å²) >= 11 is 0. The second-order valence-corrected chi connectivity index (χ2v) is 8.35. The van der Waals surface area contributed by atoms with Crippen LogP contribution in [0.15, 0.2) is 0 Å². The summed E-state index contributed by atoms with van der Waals surface area (Å²) in [6.07, 6.45) is 7.15. The van der Waals surface area contributed by atoms with Crippen LogP contribution in [0.3, 0.4) is 0 Å². The average Bonchev–Trinajstić information content (AvgIpc) is 3.16. The Labute approximate surface area is 123 Å². The zero-order valence-electron chi connectivity index (χ0n) is 13.2. The van der Waals surface area contributed by atoms with Crippen molar-refractivity contribution in [2.45, 2.75) is 83.4 Å². The minimum atomic E-state index is -0.791. The lowest BCUT2D eigenvalue weighted by Crippen LogP contribution is -2.52. The largest absolute Gasteiger partial charge is 0.387 e. The van der Waals surface area contributed by atoms with E-state index >= 15 is 0 Å². The quantitative estimate of drug-likeness (QED) is 0.843. The summed E-state index contributed by atoms with van der Waals surface area (Å²) in [7, 11) is 0. The van der Waals surface area contributed by atoms with E-state index in [-0.39, 0.29) is 0 Å². The Hall–Kier alpha value is -0.590. The van der Waals surface area contributed by atoms with Crippen molar-refractivity contribution in [2.24, 2.45) is 10.8 Å². The van der Waals surface area contributed by atoms with Crippen LogP contribution in [0.2, 0.25) is 0 Å². The molecule has 0 radical (unpaired) electrons. The summed E-state index contributed by atoms with van der Waals surface area (Å²) in [5.74, 6) is 0. The van der Waals surface area contributed by atoms with Gasteiger partial charge >= 0.3 is 0 Å². The molecule has 0 aromatic carbocycles. The number of nitrogens with zero attached hydrogens (tertiary/aromatic N) is 2. The van der Waals surface area contributed by atoms with Crippen LogP contribution in [-0.4, -0.2) is 34.2 Å². The highest BCUT2D eigenvalue weighted by Gasteiger charge is 2.59. The molecule has 0 spiro atoms. The van der Waals surface area contributed by atoms with Gasteiger partial charge in [0.1, 0.15) is 0 Å². The van der Waals surface area contributed by atoms with Gasteiger partial charge in [0.25, 0.3) is 0 Å². The van der Waals surface area contributed by atoms with Gasteiger partial charge in [0.15, 0.2) is 0 Å². The average molecular weight is 276 g/mol. The molecule has 0 aromatic heterocycles. The molecule has 2 saturated carbocycles. The number of hydrogen-bond acceptors (Lipinski definition) is 3. The molecule has 0 amide bonds. The molecule has 3 fully saturated rings. The molecule has 1 aliphatic heterocycles. The maximum Gasteiger partial charge on any atom is 0.0974 e. The molecule has 2 atom stereocenters.